The first kappa shape index (κ1) is 16.0. The van der Waals surface area contributed by atoms with E-state index >= 15 is 0 Å². The molecule has 2 rings (SSSR count). The second-order valence-corrected chi connectivity index (χ2v) is 5.33. The fourth-order valence-electron chi connectivity index (χ4n) is 1.88. The number of hydrogen-bond acceptors (Lipinski definition) is 2. The summed E-state index contributed by atoms with van der Waals surface area (Å²) in [6.07, 6.45) is 3.90. The molecule has 0 bridgehead atoms. The number of carbonyl (C=O) groups excluding carboxylic acids is 1. The normalized spacial score (nSPS) is 11.6. The molecule has 2 aromatic rings. The van der Waals surface area contributed by atoms with E-state index in [1.807, 2.05) is 55.5 Å². The van der Waals surface area contributed by atoms with Crippen LogP contribution in [0.3, 0.4) is 0 Å². The Morgan fingerprint density at radius 3 is 2.50 bits per heavy atom. The molecule has 1 amide bonds. The summed E-state index contributed by atoms with van der Waals surface area (Å²) in [5.74, 6) is -0.161. The number of halogens is 1. The van der Waals surface area contributed by atoms with Gasteiger partial charge in [0.05, 0.1) is 12.6 Å². The van der Waals surface area contributed by atoms with Crippen molar-refractivity contribution in [2.75, 3.05) is 0 Å². The number of carbonyl (C=O) groups is 1. The van der Waals surface area contributed by atoms with E-state index in [2.05, 4.69) is 10.5 Å². The van der Waals surface area contributed by atoms with Gasteiger partial charge in [0.1, 0.15) is 0 Å². The van der Waals surface area contributed by atoms with E-state index in [1.54, 1.807) is 18.3 Å². The summed E-state index contributed by atoms with van der Waals surface area (Å²) in [4.78, 5) is 11.8. The maximum atomic E-state index is 11.8. The summed E-state index contributed by atoms with van der Waals surface area (Å²) >= 11 is 5.80. The van der Waals surface area contributed by atoms with Crippen LogP contribution in [-0.4, -0.2) is 12.1 Å². The fraction of sp³-hybridized carbons (Fsp3) is 0.111. The van der Waals surface area contributed by atoms with Gasteiger partial charge in [-0.3, -0.25) is 4.79 Å². The molecular formula is C18H17ClN2O. The number of hydrogen-bond donors (Lipinski definition) is 1. The van der Waals surface area contributed by atoms with E-state index in [-0.39, 0.29) is 12.3 Å². The van der Waals surface area contributed by atoms with Gasteiger partial charge in [-0.1, -0.05) is 60.1 Å². The highest BCUT2D eigenvalue weighted by molar-refractivity contribution is 6.30. The van der Waals surface area contributed by atoms with Gasteiger partial charge in [0.25, 0.3) is 0 Å². The van der Waals surface area contributed by atoms with Crippen molar-refractivity contribution in [2.24, 2.45) is 5.10 Å². The highest BCUT2D eigenvalue weighted by Gasteiger charge is 2.01. The average molecular weight is 313 g/mol. The third-order valence-corrected chi connectivity index (χ3v) is 3.18. The summed E-state index contributed by atoms with van der Waals surface area (Å²) < 4.78 is 0. The largest absolute Gasteiger partial charge is 0.273 e. The molecule has 1 N–H and O–H groups in total. The van der Waals surface area contributed by atoms with Gasteiger partial charge in [0.2, 0.25) is 5.91 Å². The summed E-state index contributed by atoms with van der Waals surface area (Å²) in [5, 5.41) is 4.62. The third kappa shape index (κ3) is 5.54. The molecule has 0 aliphatic rings. The van der Waals surface area contributed by atoms with E-state index in [1.165, 1.54) is 0 Å². The lowest BCUT2D eigenvalue weighted by molar-refractivity contribution is -0.120. The van der Waals surface area contributed by atoms with Gasteiger partial charge in [-0.2, -0.15) is 5.10 Å². The van der Waals surface area contributed by atoms with Crippen LogP contribution in [0.5, 0.6) is 0 Å². The molecule has 0 aliphatic heterocycles. The van der Waals surface area contributed by atoms with Gasteiger partial charge in [-0.05, 0) is 35.8 Å². The zero-order chi connectivity index (χ0) is 15.8. The Hall–Kier alpha value is -2.39. The Bertz CT molecular complexity index is 676. The maximum Gasteiger partial charge on any atom is 0.244 e. The van der Waals surface area contributed by atoms with Crippen LogP contribution in [-0.2, 0) is 11.2 Å². The van der Waals surface area contributed by atoms with Crippen LogP contribution in [0, 0.1) is 0 Å². The van der Waals surface area contributed by atoms with Crippen molar-refractivity contribution in [1.82, 2.24) is 5.43 Å². The number of benzene rings is 2. The van der Waals surface area contributed by atoms with Gasteiger partial charge in [0, 0.05) is 5.02 Å². The lowest BCUT2D eigenvalue weighted by Gasteiger charge is -2.00. The Labute approximate surface area is 135 Å². The highest BCUT2D eigenvalue weighted by atomic mass is 35.5. The zero-order valence-corrected chi connectivity index (χ0v) is 13.0. The van der Waals surface area contributed by atoms with Crippen LogP contribution in [0.2, 0.25) is 5.02 Å². The molecule has 0 saturated heterocycles. The molecule has 4 heteroatoms. The van der Waals surface area contributed by atoms with E-state index in [0.29, 0.717) is 5.02 Å². The van der Waals surface area contributed by atoms with Crippen molar-refractivity contribution in [3.8, 4) is 0 Å². The molecule has 0 spiro atoms. The van der Waals surface area contributed by atoms with Crippen LogP contribution in [0.4, 0.5) is 0 Å². The number of rotatable bonds is 5. The molecule has 0 saturated carbocycles. The molecule has 0 atom stereocenters. The lowest BCUT2D eigenvalue weighted by atomic mass is 10.1. The van der Waals surface area contributed by atoms with Gasteiger partial charge in [0.15, 0.2) is 0 Å². The van der Waals surface area contributed by atoms with E-state index in [0.717, 1.165) is 16.7 Å². The van der Waals surface area contributed by atoms with Gasteiger partial charge in [-0.25, -0.2) is 5.43 Å². The van der Waals surface area contributed by atoms with Crippen LogP contribution in [0.25, 0.3) is 6.08 Å². The fourth-order valence-corrected chi connectivity index (χ4v) is 2.01. The second-order valence-electron chi connectivity index (χ2n) is 4.90. The molecule has 0 fully saturated rings. The number of nitrogens with zero attached hydrogens (tertiary/aromatic N) is 1. The van der Waals surface area contributed by atoms with Crippen molar-refractivity contribution in [2.45, 2.75) is 13.3 Å². The second kappa shape index (κ2) is 8.15. The molecule has 0 aliphatic carbocycles. The average Bonchev–Trinajstić information content (AvgIpc) is 2.50. The SMILES string of the molecule is CC(/C=N/NC(=O)Cc1ccc(Cl)cc1)=C\c1ccccc1. The minimum absolute atomic E-state index is 0.161. The quantitative estimate of drug-likeness (QED) is 0.655. The molecule has 0 heterocycles. The minimum Gasteiger partial charge on any atom is -0.273 e. The summed E-state index contributed by atoms with van der Waals surface area (Å²) in [5.41, 5.74) is 5.47. The van der Waals surface area contributed by atoms with Crippen LogP contribution < -0.4 is 5.43 Å². The zero-order valence-electron chi connectivity index (χ0n) is 12.3. The third-order valence-electron chi connectivity index (χ3n) is 2.93. The first-order chi connectivity index (χ1) is 10.6. The van der Waals surface area contributed by atoms with Gasteiger partial charge in [-0.15, -0.1) is 0 Å². The van der Waals surface area contributed by atoms with Crippen LogP contribution >= 0.6 is 11.6 Å². The van der Waals surface area contributed by atoms with E-state index in [9.17, 15) is 4.79 Å². The number of allylic oxidation sites excluding steroid dienone is 1. The van der Waals surface area contributed by atoms with Crippen molar-refractivity contribution < 1.29 is 4.79 Å². The monoisotopic (exact) mass is 312 g/mol. The predicted octanol–water partition coefficient (Wildman–Crippen LogP) is 4.09. The number of nitrogens with one attached hydrogen (secondary N) is 1. The topological polar surface area (TPSA) is 41.5 Å². The molecular weight excluding hydrogens is 296 g/mol. The Kier molecular flexibility index (Phi) is 5.92. The first-order valence-corrected chi connectivity index (χ1v) is 7.31. The number of hydrazone groups is 1. The van der Waals surface area contributed by atoms with Crippen molar-refractivity contribution in [3.63, 3.8) is 0 Å². The summed E-state index contributed by atoms with van der Waals surface area (Å²) in [6.45, 7) is 1.93. The summed E-state index contributed by atoms with van der Waals surface area (Å²) in [7, 11) is 0. The van der Waals surface area contributed by atoms with Crippen molar-refractivity contribution in [1.29, 1.82) is 0 Å². The first-order valence-electron chi connectivity index (χ1n) is 6.93. The van der Waals surface area contributed by atoms with Gasteiger partial charge >= 0.3 is 0 Å². The molecule has 0 radical (unpaired) electrons. The smallest absolute Gasteiger partial charge is 0.244 e. The minimum atomic E-state index is -0.161. The number of amides is 1. The maximum absolute atomic E-state index is 11.8. The molecule has 0 unspecified atom stereocenters. The predicted molar refractivity (Wildman–Crippen MR) is 91.9 cm³/mol. The highest BCUT2D eigenvalue weighted by Crippen LogP contribution is 2.09. The molecule has 3 nitrogen and oxygen atoms in total. The standard InChI is InChI=1S/C18H17ClN2O/c1-14(11-15-5-3-2-4-6-15)13-20-21-18(22)12-16-7-9-17(19)10-8-16/h2-11,13H,12H2,1H3,(H,21,22)/b14-11+,20-13+. The Morgan fingerprint density at radius 2 is 1.82 bits per heavy atom. The summed E-state index contributed by atoms with van der Waals surface area (Å²) in [6, 6.07) is 17.1. The molecule has 22 heavy (non-hydrogen) atoms. The van der Waals surface area contributed by atoms with Crippen molar-refractivity contribution in [3.05, 3.63) is 76.3 Å². The molecule has 112 valence electrons. The Morgan fingerprint density at radius 1 is 1.14 bits per heavy atom. The molecule has 2 aromatic carbocycles. The van der Waals surface area contributed by atoms with Crippen molar-refractivity contribution >= 4 is 29.8 Å². The van der Waals surface area contributed by atoms with Crippen LogP contribution in [0.15, 0.2) is 65.3 Å². The van der Waals surface area contributed by atoms with Gasteiger partial charge < -0.3 is 0 Å². The van der Waals surface area contributed by atoms with Crippen LogP contribution in [0.1, 0.15) is 18.1 Å². The Balaban J connectivity index is 1.85. The van der Waals surface area contributed by atoms with E-state index in [4.69, 9.17) is 11.6 Å². The van der Waals surface area contributed by atoms with E-state index < -0.39 is 0 Å². The molecule has 0 aromatic heterocycles. The lowest BCUT2D eigenvalue weighted by Crippen LogP contribution is -2.19.